The van der Waals surface area contributed by atoms with Gasteiger partial charge in [0.15, 0.2) is 0 Å². The third kappa shape index (κ3) is 4.33. The van der Waals surface area contributed by atoms with Gasteiger partial charge in [0, 0.05) is 35.6 Å². The van der Waals surface area contributed by atoms with Crippen LogP contribution in [0, 0.1) is 0 Å². The second-order valence-corrected chi connectivity index (χ2v) is 11.8. The minimum Gasteiger partial charge on any atom is -0.342 e. The summed E-state index contributed by atoms with van der Waals surface area (Å²) in [5.74, 6) is -0.00288. The predicted molar refractivity (Wildman–Crippen MR) is 140 cm³/mol. The minimum absolute atomic E-state index is 0.110. The maximum Gasteiger partial charge on any atom is 0.254 e. The molecule has 0 N–H and O–H groups in total. The zero-order chi connectivity index (χ0) is 23.8. The van der Waals surface area contributed by atoms with Crippen LogP contribution in [0.5, 0.6) is 0 Å². The summed E-state index contributed by atoms with van der Waals surface area (Å²) in [6, 6.07) is 12.7. The Labute approximate surface area is 213 Å². The van der Waals surface area contributed by atoms with E-state index < -0.39 is 0 Å². The number of benzene rings is 1. The maximum absolute atomic E-state index is 14.4. The third-order valence-corrected chi connectivity index (χ3v) is 9.82. The fourth-order valence-corrected chi connectivity index (χ4v) is 7.96. The fraction of sp³-hybridized carbons (Fsp3) is 0.586. The van der Waals surface area contributed by atoms with Gasteiger partial charge in [-0.15, -0.1) is 11.3 Å². The van der Waals surface area contributed by atoms with Gasteiger partial charge in [-0.1, -0.05) is 43.5 Å². The van der Waals surface area contributed by atoms with E-state index in [1.54, 1.807) is 11.3 Å². The highest BCUT2D eigenvalue weighted by Gasteiger charge is 2.48. The number of fused-ring (bicyclic) bond motifs is 1. The predicted octanol–water partition coefficient (Wildman–Crippen LogP) is 5.45. The van der Waals surface area contributed by atoms with Crippen LogP contribution >= 0.6 is 11.3 Å². The van der Waals surface area contributed by atoms with E-state index in [2.05, 4.69) is 32.2 Å². The average Bonchev–Trinajstić information content (AvgIpc) is 3.64. The van der Waals surface area contributed by atoms with Crippen molar-refractivity contribution in [1.82, 2.24) is 14.7 Å². The molecule has 0 radical (unpaired) electrons. The number of amides is 2. The zero-order valence-corrected chi connectivity index (χ0v) is 21.4. The molecule has 1 aromatic heterocycles. The molecule has 1 saturated carbocycles. The smallest absolute Gasteiger partial charge is 0.254 e. The molecule has 35 heavy (non-hydrogen) atoms. The largest absolute Gasteiger partial charge is 0.342 e. The number of rotatable bonds is 4. The Morgan fingerprint density at radius 2 is 1.54 bits per heavy atom. The maximum atomic E-state index is 14.4. The van der Waals surface area contributed by atoms with Crippen LogP contribution in [0.1, 0.15) is 90.5 Å². The van der Waals surface area contributed by atoms with Crippen molar-refractivity contribution in [3.8, 4) is 0 Å². The average molecular weight is 492 g/mol. The van der Waals surface area contributed by atoms with E-state index >= 15 is 0 Å². The van der Waals surface area contributed by atoms with Gasteiger partial charge in [-0.2, -0.15) is 0 Å². The van der Waals surface area contributed by atoms with Crippen LogP contribution in [0.2, 0.25) is 0 Å². The van der Waals surface area contributed by atoms with Gasteiger partial charge >= 0.3 is 0 Å². The molecule has 186 valence electrons. The molecule has 5 nitrogen and oxygen atoms in total. The molecule has 4 heterocycles. The number of hydrogen-bond donors (Lipinski definition) is 0. The first-order valence-corrected chi connectivity index (χ1v) is 14.6. The van der Waals surface area contributed by atoms with Crippen LogP contribution in [0.4, 0.5) is 0 Å². The van der Waals surface area contributed by atoms with Crippen LogP contribution in [-0.2, 0) is 4.79 Å². The van der Waals surface area contributed by atoms with E-state index in [1.807, 2.05) is 24.3 Å². The van der Waals surface area contributed by atoms with E-state index in [0.29, 0.717) is 6.04 Å². The number of likely N-dealkylation sites (tertiary alicyclic amines) is 2. The number of hydrogen-bond acceptors (Lipinski definition) is 4. The van der Waals surface area contributed by atoms with E-state index in [1.165, 1.54) is 32.4 Å². The van der Waals surface area contributed by atoms with Gasteiger partial charge in [-0.25, -0.2) is 0 Å². The first-order chi connectivity index (χ1) is 17.2. The van der Waals surface area contributed by atoms with E-state index in [0.717, 1.165) is 67.6 Å². The van der Waals surface area contributed by atoms with Crippen molar-refractivity contribution in [2.24, 2.45) is 0 Å². The SMILES string of the molecule is O=C([C@H]1c2ccccc2C(=O)N(C2CCCC2)[C@@H]1c1cccs1)N1CCC(N2CCCCC2)CC1. The van der Waals surface area contributed by atoms with Crippen LogP contribution < -0.4 is 0 Å². The van der Waals surface area contributed by atoms with Crippen LogP contribution in [0.3, 0.4) is 0 Å². The number of piperidine rings is 2. The Morgan fingerprint density at radius 1 is 0.800 bits per heavy atom. The molecule has 0 spiro atoms. The Hall–Kier alpha value is -2.18. The molecule has 2 saturated heterocycles. The fourth-order valence-electron chi connectivity index (χ4n) is 7.10. The standard InChI is InChI=1S/C29H37N3O2S/c33-28-24-12-5-4-11-23(24)26(27(25-13-8-20-35-25)32(28)22-9-2-3-10-22)29(34)31-18-14-21(15-19-31)30-16-6-1-7-17-30/h4-5,8,11-13,20-22,26-27H,1-3,6-7,9-10,14-19H2/t26-,27+/m0/s1. The molecule has 2 aromatic rings. The summed E-state index contributed by atoms with van der Waals surface area (Å²) in [5.41, 5.74) is 1.65. The lowest BCUT2D eigenvalue weighted by Crippen LogP contribution is -2.53. The van der Waals surface area contributed by atoms with Crippen molar-refractivity contribution in [3.63, 3.8) is 0 Å². The van der Waals surface area contributed by atoms with Crippen LogP contribution in [0.25, 0.3) is 0 Å². The molecule has 1 aliphatic carbocycles. The molecule has 2 amide bonds. The Bertz CT molecular complexity index is 1030. The Morgan fingerprint density at radius 3 is 2.26 bits per heavy atom. The van der Waals surface area contributed by atoms with Gasteiger partial charge in [-0.3, -0.25) is 9.59 Å². The van der Waals surface area contributed by atoms with Gasteiger partial charge in [-0.05, 0) is 74.7 Å². The molecule has 1 aromatic carbocycles. The molecule has 0 unspecified atom stereocenters. The third-order valence-electron chi connectivity index (χ3n) is 8.88. The van der Waals surface area contributed by atoms with Gasteiger partial charge in [0.25, 0.3) is 5.91 Å². The topological polar surface area (TPSA) is 43.9 Å². The second-order valence-electron chi connectivity index (χ2n) is 10.8. The first kappa shape index (κ1) is 23.2. The summed E-state index contributed by atoms with van der Waals surface area (Å²) in [6.07, 6.45) is 10.5. The van der Waals surface area contributed by atoms with Crippen LogP contribution in [-0.4, -0.2) is 64.8 Å². The lowest BCUT2D eigenvalue weighted by atomic mass is 9.80. The molecular weight excluding hydrogens is 454 g/mol. The molecule has 3 aliphatic heterocycles. The van der Waals surface area contributed by atoms with Gasteiger partial charge in [0.05, 0.1) is 12.0 Å². The summed E-state index contributed by atoms with van der Waals surface area (Å²) in [7, 11) is 0. The first-order valence-electron chi connectivity index (χ1n) is 13.7. The molecule has 3 fully saturated rings. The van der Waals surface area contributed by atoms with Gasteiger partial charge in [0.2, 0.25) is 5.91 Å². The van der Waals surface area contributed by atoms with Crippen molar-refractivity contribution in [2.75, 3.05) is 26.2 Å². The van der Waals surface area contributed by atoms with Gasteiger partial charge in [0.1, 0.15) is 0 Å². The van der Waals surface area contributed by atoms with E-state index in [9.17, 15) is 9.59 Å². The molecule has 6 rings (SSSR count). The number of thiophene rings is 1. The van der Waals surface area contributed by atoms with Crippen molar-refractivity contribution >= 4 is 23.2 Å². The lowest BCUT2D eigenvalue weighted by molar-refractivity contribution is -0.136. The highest BCUT2D eigenvalue weighted by molar-refractivity contribution is 7.10. The van der Waals surface area contributed by atoms with Crippen LogP contribution in [0.15, 0.2) is 41.8 Å². The van der Waals surface area contributed by atoms with Crippen molar-refractivity contribution in [1.29, 1.82) is 0 Å². The summed E-state index contributed by atoms with van der Waals surface area (Å²) in [6.45, 7) is 4.08. The normalized spacial score (nSPS) is 26.8. The summed E-state index contributed by atoms with van der Waals surface area (Å²) >= 11 is 1.68. The van der Waals surface area contributed by atoms with Crippen molar-refractivity contribution in [2.45, 2.75) is 81.8 Å². The Balaban J connectivity index is 1.32. The lowest BCUT2D eigenvalue weighted by Gasteiger charge is -2.46. The number of carbonyl (C=O) groups is 2. The summed E-state index contributed by atoms with van der Waals surface area (Å²) in [4.78, 5) is 36.3. The Kier molecular flexibility index (Phi) is 6.68. The highest BCUT2D eigenvalue weighted by Crippen LogP contribution is 2.48. The molecule has 4 aliphatic rings. The highest BCUT2D eigenvalue weighted by atomic mass is 32.1. The van der Waals surface area contributed by atoms with Crippen molar-refractivity contribution < 1.29 is 9.59 Å². The second kappa shape index (κ2) is 10.1. The van der Waals surface area contributed by atoms with Gasteiger partial charge < -0.3 is 14.7 Å². The summed E-state index contributed by atoms with van der Waals surface area (Å²) < 4.78 is 0. The number of nitrogens with zero attached hydrogens (tertiary/aromatic N) is 3. The molecular formula is C29H37N3O2S. The number of carbonyl (C=O) groups excluding carboxylic acids is 2. The minimum atomic E-state index is -0.324. The summed E-state index contributed by atoms with van der Waals surface area (Å²) in [5, 5.41) is 2.08. The molecule has 0 bridgehead atoms. The van der Waals surface area contributed by atoms with Crippen molar-refractivity contribution in [3.05, 3.63) is 57.8 Å². The molecule has 6 heteroatoms. The van der Waals surface area contributed by atoms with E-state index in [-0.39, 0.29) is 29.8 Å². The quantitative estimate of drug-likeness (QED) is 0.571. The zero-order valence-electron chi connectivity index (χ0n) is 20.6. The molecule has 2 atom stereocenters. The van der Waals surface area contributed by atoms with E-state index in [4.69, 9.17) is 0 Å². The monoisotopic (exact) mass is 491 g/mol.